The molecule has 1 heterocycles. The normalized spacial score (nSPS) is 27.4. The van der Waals surface area contributed by atoms with Crippen LogP contribution in [0.15, 0.2) is 0 Å². The van der Waals surface area contributed by atoms with Crippen LogP contribution in [-0.4, -0.2) is 73.0 Å². The number of hydrogen-bond acceptors (Lipinski definition) is 0. The molecule has 2 nitrogen and oxygen atoms in total. The van der Waals surface area contributed by atoms with Crippen LogP contribution < -0.4 is 0 Å². The smallest absolute Gasteiger partial charge is 0.155 e. The van der Waals surface area contributed by atoms with E-state index in [4.69, 9.17) is 0 Å². The van der Waals surface area contributed by atoms with Crippen molar-refractivity contribution in [2.75, 3.05) is 41.3 Å². The zero-order chi connectivity index (χ0) is 11.9. The minimum Gasteiger partial charge on any atom is -0.522 e. The van der Waals surface area contributed by atoms with E-state index in [0.717, 1.165) is 0 Å². The Kier molecular flexibility index (Phi) is 3.50. The lowest BCUT2D eigenvalue weighted by Gasteiger charge is -2.45. The molecular weight excluding hydrogens is 198 g/mol. The molecule has 0 saturated carbocycles. The molecule has 0 amide bonds. The number of hydrogen-bond donors (Lipinski definition) is 0. The van der Waals surface area contributed by atoms with E-state index >= 15 is 0 Å². The molecule has 5 heteroatoms. The van der Waals surface area contributed by atoms with Crippen LogP contribution in [0.2, 0.25) is 25.0 Å². The molecule has 0 N–H and O–H groups in total. The van der Waals surface area contributed by atoms with Gasteiger partial charge in [-0.2, -0.15) is 5.34 Å². The van der Waals surface area contributed by atoms with Gasteiger partial charge in [0.15, 0.2) is 14.8 Å². The molecule has 0 aliphatic carbocycles. The molecule has 15 heavy (non-hydrogen) atoms. The van der Waals surface area contributed by atoms with E-state index in [1.54, 1.807) is 0 Å². The van der Waals surface area contributed by atoms with Crippen molar-refractivity contribution in [3.63, 3.8) is 0 Å². The molecule has 0 unspecified atom stereocenters. The molecule has 90 valence electrons. The molecule has 0 radical (unpaired) electrons. The van der Waals surface area contributed by atoms with Gasteiger partial charge < -0.3 is 8.79 Å². The Morgan fingerprint density at radius 2 is 1.20 bits per heavy atom. The summed E-state index contributed by atoms with van der Waals surface area (Å²) in [7, 11) is 9.46. The maximum Gasteiger partial charge on any atom is 0.155 e. The van der Waals surface area contributed by atoms with Crippen molar-refractivity contribution in [1.29, 1.82) is 0 Å². The lowest BCUT2D eigenvalue weighted by atomic mass is 9.64. The molecule has 1 fully saturated rings. The van der Waals surface area contributed by atoms with Crippen LogP contribution >= 0.6 is 0 Å². The fourth-order valence-corrected chi connectivity index (χ4v) is 6.79. The summed E-state index contributed by atoms with van der Waals surface area (Å²) in [5.74, 6) is 0. The Bertz CT molecular complexity index is 218. The minimum atomic E-state index is -0.886. The fraction of sp³-hybridized carbons (Fsp3) is 1.00. The summed E-state index contributed by atoms with van der Waals surface area (Å²) in [5, 5.41) is 1.21. The van der Waals surface area contributed by atoms with Crippen LogP contribution in [0.1, 0.15) is 0 Å². The van der Waals surface area contributed by atoms with Crippen molar-refractivity contribution >= 4 is 22.9 Å². The van der Waals surface area contributed by atoms with Gasteiger partial charge in [0.05, 0.1) is 13.1 Å². The monoisotopic (exact) mass is 228 g/mol. The highest BCUT2D eigenvalue weighted by Gasteiger charge is 2.32. The largest absolute Gasteiger partial charge is 0.522 e. The third-order valence-corrected chi connectivity index (χ3v) is 9.33. The Labute approximate surface area is 98.4 Å². The Hall–Kier alpha value is 0.267. The Balaban J connectivity index is 2.87. The molecule has 1 aliphatic heterocycles. The standard InChI is InChI=1S/C10H30B2N2Si/c1-13(2)8-9-14(3,4)12-10(11-13)15(5,6)7/h10H,8-9,11-12H2,1-7H3. The van der Waals surface area contributed by atoms with E-state index < -0.39 is 8.07 Å². The molecule has 0 spiro atoms. The first kappa shape index (κ1) is 13.3. The zero-order valence-electron chi connectivity index (χ0n) is 12.4. The summed E-state index contributed by atoms with van der Waals surface area (Å²) < 4.78 is 2.75. The minimum absolute atomic E-state index is 0.218. The van der Waals surface area contributed by atoms with Crippen molar-refractivity contribution in [2.24, 2.45) is 0 Å². The topological polar surface area (TPSA) is 0 Å². The van der Waals surface area contributed by atoms with Crippen LogP contribution in [-0.2, 0) is 0 Å². The second-order valence-electron chi connectivity index (χ2n) is 9.06. The van der Waals surface area contributed by atoms with Gasteiger partial charge >= 0.3 is 0 Å². The van der Waals surface area contributed by atoms with E-state index in [9.17, 15) is 0 Å². The van der Waals surface area contributed by atoms with E-state index in [1.165, 1.54) is 27.2 Å². The average molecular weight is 228 g/mol. The lowest BCUT2D eigenvalue weighted by molar-refractivity contribution is -0.834. The summed E-state index contributed by atoms with van der Waals surface area (Å²) in [5.41, 5.74) is 0. The van der Waals surface area contributed by atoms with Gasteiger partial charge in [0.25, 0.3) is 0 Å². The van der Waals surface area contributed by atoms with Crippen LogP contribution in [0.5, 0.6) is 0 Å². The van der Waals surface area contributed by atoms with Gasteiger partial charge in [-0.3, -0.25) is 0 Å². The average Bonchev–Trinajstić information content (AvgIpc) is 2.07. The van der Waals surface area contributed by atoms with Gasteiger partial charge in [0, 0.05) is 28.2 Å². The first-order valence-electron chi connectivity index (χ1n) is 6.76. The second kappa shape index (κ2) is 3.93. The highest BCUT2D eigenvalue weighted by Crippen LogP contribution is 2.26. The maximum absolute atomic E-state index is 2.59. The van der Waals surface area contributed by atoms with Gasteiger partial charge in [-0.05, 0) is 8.07 Å². The summed E-state index contributed by atoms with van der Waals surface area (Å²) in [6.45, 7) is 10.6. The first-order chi connectivity index (χ1) is 6.52. The zero-order valence-corrected chi connectivity index (χ0v) is 13.4. The highest BCUT2D eigenvalue weighted by molar-refractivity contribution is 6.92. The molecule has 1 aliphatic rings. The SMILES string of the molecule is C[N+]1(C)[BH2-]C([Si](C)(C)C)[BH2-][N+](C)(C)CC1. The van der Waals surface area contributed by atoms with Crippen molar-refractivity contribution in [2.45, 2.75) is 25.0 Å². The summed E-state index contributed by atoms with van der Waals surface area (Å²) in [6.07, 6.45) is 0. The van der Waals surface area contributed by atoms with Crippen molar-refractivity contribution in [1.82, 2.24) is 0 Å². The molecular formula is C10H30B2N2Si. The van der Waals surface area contributed by atoms with Crippen molar-refractivity contribution in [3.8, 4) is 0 Å². The number of likely N-dealkylation sites (N-methyl/N-ethyl adjacent to an activating group) is 2. The maximum atomic E-state index is 2.59. The predicted molar refractivity (Wildman–Crippen MR) is 78.1 cm³/mol. The Morgan fingerprint density at radius 1 is 0.867 bits per heavy atom. The van der Waals surface area contributed by atoms with E-state index in [1.807, 2.05) is 0 Å². The third-order valence-electron chi connectivity index (χ3n) is 5.35. The van der Waals surface area contributed by atoms with Crippen LogP contribution in [0, 0.1) is 0 Å². The second-order valence-corrected chi connectivity index (χ2v) is 15.0. The van der Waals surface area contributed by atoms with Crippen LogP contribution in [0.4, 0.5) is 0 Å². The van der Waals surface area contributed by atoms with Gasteiger partial charge in [0.1, 0.15) is 0 Å². The molecule has 0 aromatic carbocycles. The van der Waals surface area contributed by atoms with Crippen LogP contribution in [0.25, 0.3) is 0 Å². The van der Waals surface area contributed by atoms with Crippen LogP contribution in [0.3, 0.4) is 0 Å². The van der Waals surface area contributed by atoms with Crippen molar-refractivity contribution in [3.05, 3.63) is 0 Å². The van der Waals surface area contributed by atoms with Gasteiger partial charge in [-0.1, -0.05) is 19.6 Å². The van der Waals surface area contributed by atoms with Gasteiger partial charge in [-0.25, -0.2) is 0 Å². The fourth-order valence-electron chi connectivity index (χ4n) is 3.85. The molecule has 1 saturated heterocycles. The number of nitrogens with zero attached hydrogens (tertiary/aromatic N) is 2. The molecule has 0 atom stereocenters. The quantitative estimate of drug-likeness (QED) is 0.552. The summed E-state index contributed by atoms with van der Waals surface area (Å²) >= 11 is 0. The molecule has 0 bridgehead atoms. The number of quaternary nitrogens is 2. The van der Waals surface area contributed by atoms with E-state index in [0.29, 0.717) is 0 Å². The summed E-state index contributed by atoms with van der Waals surface area (Å²) in [4.78, 5) is 0. The Morgan fingerprint density at radius 3 is 1.47 bits per heavy atom. The molecule has 0 aromatic rings. The van der Waals surface area contributed by atoms with Gasteiger partial charge in [0.2, 0.25) is 0 Å². The van der Waals surface area contributed by atoms with Crippen molar-refractivity contribution < 1.29 is 8.79 Å². The molecule has 1 rings (SSSR count). The number of rotatable bonds is 1. The highest BCUT2D eigenvalue weighted by atomic mass is 28.3. The third kappa shape index (κ3) is 3.97. The first-order valence-corrected chi connectivity index (χ1v) is 10.3. The summed E-state index contributed by atoms with van der Waals surface area (Å²) in [6, 6.07) is 0. The van der Waals surface area contributed by atoms with E-state index in [-0.39, 0.29) is 14.8 Å². The van der Waals surface area contributed by atoms with E-state index in [2.05, 4.69) is 47.8 Å². The molecule has 0 aromatic heterocycles. The lowest BCUT2D eigenvalue weighted by Crippen LogP contribution is -2.51. The predicted octanol–water partition coefficient (Wildman–Crippen LogP) is -0.0562. The van der Waals surface area contributed by atoms with Gasteiger partial charge in [-0.15, -0.1) is 0 Å².